The van der Waals surface area contributed by atoms with E-state index < -0.39 is 5.97 Å². The molecule has 26 heavy (non-hydrogen) atoms. The second kappa shape index (κ2) is 9.35. The van der Waals surface area contributed by atoms with E-state index in [-0.39, 0.29) is 24.5 Å². The zero-order valence-corrected chi connectivity index (χ0v) is 16.4. The molecule has 7 heteroatoms. The number of carbonyl (C=O) groups excluding carboxylic acids is 1. The average molecular weight is 382 g/mol. The van der Waals surface area contributed by atoms with Gasteiger partial charge in [0.25, 0.3) is 0 Å². The molecule has 2 rings (SSSR count). The highest BCUT2D eigenvalue weighted by Gasteiger charge is 2.29. The molecule has 1 unspecified atom stereocenters. The molecule has 0 bridgehead atoms. The number of aliphatic carboxylic acids is 1. The maximum absolute atomic E-state index is 12.6. The van der Waals surface area contributed by atoms with Crippen molar-refractivity contribution >= 4 is 29.2 Å². The number of carboxylic acids is 1. The Morgan fingerprint density at radius 1 is 1.38 bits per heavy atom. The third kappa shape index (κ3) is 5.43. The molecule has 1 aromatic carbocycles. The number of halogens is 1. The average Bonchev–Trinajstić information content (AvgIpc) is 2.62. The van der Waals surface area contributed by atoms with E-state index in [0.717, 1.165) is 43.7 Å². The highest BCUT2D eigenvalue weighted by molar-refractivity contribution is 6.31. The molecule has 0 aromatic heterocycles. The van der Waals surface area contributed by atoms with Crippen LogP contribution in [0.15, 0.2) is 18.2 Å². The van der Waals surface area contributed by atoms with Crippen molar-refractivity contribution in [2.45, 2.75) is 45.7 Å². The molecule has 1 amide bonds. The van der Waals surface area contributed by atoms with Crippen LogP contribution in [-0.4, -0.2) is 65.0 Å². The predicted octanol–water partition coefficient (Wildman–Crippen LogP) is 2.85. The lowest BCUT2D eigenvalue weighted by molar-refractivity contribution is -0.139. The van der Waals surface area contributed by atoms with Crippen LogP contribution in [-0.2, 0) is 9.59 Å². The van der Waals surface area contributed by atoms with Crippen molar-refractivity contribution in [1.29, 1.82) is 0 Å². The summed E-state index contributed by atoms with van der Waals surface area (Å²) in [6, 6.07) is 5.47. The Bertz CT molecular complexity index is 645. The number of hydrogen-bond acceptors (Lipinski definition) is 4. The third-order valence-corrected chi connectivity index (χ3v) is 5.38. The summed E-state index contributed by atoms with van der Waals surface area (Å²) in [5.41, 5.74) is 1.71. The number of nitrogens with one attached hydrogen (secondary N) is 1. The Kier molecular flexibility index (Phi) is 7.43. The molecule has 0 saturated carbocycles. The van der Waals surface area contributed by atoms with Crippen LogP contribution >= 0.6 is 11.6 Å². The van der Waals surface area contributed by atoms with Gasteiger partial charge in [-0.1, -0.05) is 24.6 Å². The predicted molar refractivity (Wildman–Crippen MR) is 104 cm³/mol. The van der Waals surface area contributed by atoms with Gasteiger partial charge in [0.05, 0.1) is 12.6 Å². The van der Waals surface area contributed by atoms with E-state index in [1.165, 1.54) is 0 Å². The lowest BCUT2D eigenvalue weighted by atomic mass is 10.0. The number of hydrogen-bond donors (Lipinski definition) is 2. The molecule has 1 heterocycles. The molecule has 0 radical (unpaired) electrons. The van der Waals surface area contributed by atoms with E-state index in [1.807, 2.05) is 31.7 Å². The first-order valence-corrected chi connectivity index (χ1v) is 9.46. The van der Waals surface area contributed by atoms with Gasteiger partial charge in [0.2, 0.25) is 5.91 Å². The molecule has 2 N–H and O–H groups in total. The lowest BCUT2D eigenvalue weighted by Gasteiger charge is -2.39. The van der Waals surface area contributed by atoms with Gasteiger partial charge < -0.3 is 10.4 Å². The van der Waals surface area contributed by atoms with Crippen LogP contribution in [0.1, 0.15) is 32.3 Å². The summed E-state index contributed by atoms with van der Waals surface area (Å²) >= 11 is 6.02. The van der Waals surface area contributed by atoms with E-state index in [9.17, 15) is 9.59 Å². The summed E-state index contributed by atoms with van der Waals surface area (Å²) in [6.07, 6.45) is 1.74. The molecule has 1 saturated heterocycles. The van der Waals surface area contributed by atoms with E-state index in [2.05, 4.69) is 10.2 Å². The molecular weight excluding hydrogens is 354 g/mol. The molecule has 1 fully saturated rings. The second-order valence-electron chi connectivity index (χ2n) is 6.85. The molecule has 1 aromatic rings. The van der Waals surface area contributed by atoms with E-state index >= 15 is 0 Å². The van der Waals surface area contributed by atoms with E-state index in [1.54, 1.807) is 12.1 Å². The van der Waals surface area contributed by atoms with Crippen LogP contribution < -0.4 is 5.32 Å². The SMILES string of the molecule is CCN(CC(=O)O)C1CCN(C(C)C(=O)Nc2cc(Cl)ccc2C)CC1. The molecule has 1 aliphatic heterocycles. The quantitative estimate of drug-likeness (QED) is 0.759. The van der Waals surface area contributed by atoms with Crippen LogP contribution in [0, 0.1) is 6.92 Å². The number of amides is 1. The number of likely N-dealkylation sites (tertiary alicyclic amines) is 1. The molecule has 1 atom stereocenters. The number of carbonyl (C=O) groups is 2. The Morgan fingerprint density at radius 3 is 2.62 bits per heavy atom. The van der Waals surface area contributed by atoms with Gasteiger partial charge in [-0.15, -0.1) is 0 Å². The van der Waals surface area contributed by atoms with Gasteiger partial charge in [-0.3, -0.25) is 19.4 Å². The fraction of sp³-hybridized carbons (Fsp3) is 0.579. The first-order valence-electron chi connectivity index (χ1n) is 9.08. The van der Waals surface area contributed by atoms with Gasteiger partial charge in [0.15, 0.2) is 0 Å². The summed E-state index contributed by atoms with van der Waals surface area (Å²) < 4.78 is 0. The monoisotopic (exact) mass is 381 g/mol. The highest BCUT2D eigenvalue weighted by atomic mass is 35.5. The molecule has 1 aliphatic rings. The van der Waals surface area contributed by atoms with Crippen molar-refractivity contribution < 1.29 is 14.7 Å². The van der Waals surface area contributed by atoms with Crippen molar-refractivity contribution in [2.75, 3.05) is 31.5 Å². The van der Waals surface area contributed by atoms with Crippen molar-refractivity contribution in [3.05, 3.63) is 28.8 Å². The number of nitrogens with zero attached hydrogens (tertiary/aromatic N) is 2. The standard InChI is InChI=1S/C19H28ClN3O3/c1-4-22(12-18(24)25)16-7-9-23(10-8-16)14(3)19(26)21-17-11-15(20)6-5-13(17)2/h5-6,11,14,16H,4,7-10,12H2,1-3H3,(H,21,26)(H,24,25). The number of aryl methyl sites for hydroxylation is 1. The minimum Gasteiger partial charge on any atom is -0.480 e. The van der Waals surface area contributed by atoms with Gasteiger partial charge in [-0.25, -0.2) is 0 Å². The first kappa shape index (κ1) is 20.7. The number of piperidine rings is 1. The lowest BCUT2D eigenvalue weighted by Crippen LogP contribution is -2.51. The van der Waals surface area contributed by atoms with Crippen LogP contribution in [0.4, 0.5) is 5.69 Å². The van der Waals surface area contributed by atoms with Crippen molar-refractivity contribution in [2.24, 2.45) is 0 Å². The number of anilines is 1. The van der Waals surface area contributed by atoms with Gasteiger partial charge >= 0.3 is 5.97 Å². The normalized spacial score (nSPS) is 17.3. The van der Waals surface area contributed by atoms with Crippen molar-refractivity contribution in [1.82, 2.24) is 9.80 Å². The van der Waals surface area contributed by atoms with Gasteiger partial charge in [0, 0.05) is 29.8 Å². The smallest absolute Gasteiger partial charge is 0.317 e. The first-order chi connectivity index (χ1) is 12.3. The van der Waals surface area contributed by atoms with Gasteiger partial charge in [-0.05, 0) is 50.9 Å². The van der Waals surface area contributed by atoms with Crippen LogP contribution in [0.3, 0.4) is 0 Å². The summed E-state index contributed by atoms with van der Waals surface area (Å²) in [5, 5.41) is 12.6. The van der Waals surface area contributed by atoms with Crippen LogP contribution in [0.25, 0.3) is 0 Å². The topological polar surface area (TPSA) is 72.9 Å². The van der Waals surface area contributed by atoms with Crippen LogP contribution in [0.5, 0.6) is 0 Å². The number of rotatable bonds is 7. The molecule has 0 spiro atoms. The number of benzene rings is 1. The van der Waals surface area contributed by atoms with Crippen LogP contribution in [0.2, 0.25) is 5.02 Å². The fourth-order valence-electron chi connectivity index (χ4n) is 3.44. The zero-order chi connectivity index (χ0) is 19.3. The number of carboxylic acid groups (broad SMARTS) is 1. The summed E-state index contributed by atoms with van der Waals surface area (Å²) in [6.45, 7) is 8.19. The third-order valence-electron chi connectivity index (χ3n) is 5.14. The summed E-state index contributed by atoms with van der Waals surface area (Å²) in [4.78, 5) is 27.7. The molecule has 6 nitrogen and oxygen atoms in total. The number of likely N-dealkylation sites (N-methyl/N-ethyl adjacent to an activating group) is 1. The Hall–Kier alpha value is -1.63. The molecular formula is C19H28ClN3O3. The minimum absolute atomic E-state index is 0.0494. The highest BCUT2D eigenvalue weighted by Crippen LogP contribution is 2.22. The maximum atomic E-state index is 12.6. The largest absolute Gasteiger partial charge is 0.480 e. The molecule has 0 aliphatic carbocycles. The van der Waals surface area contributed by atoms with E-state index in [4.69, 9.17) is 16.7 Å². The Morgan fingerprint density at radius 2 is 2.04 bits per heavy atom. The van der Waals surface area contributed by atoms with E-state index in [0.29, 0.717) is 5.02 Å². The maximum Gasteiger partial charge on any atom is 0.317 e. The minimum atomic E-state index is -0.793. The second-order valence-corrected chi connectivity index (χ2v) is 7.28. The van der Waals surface area contributed by atoms with Crippen molar-refractivity contribution in [3.8, 4) is 0 Å². The molecule has 144 valence electrons. The Labute approximate surface area is 160 Å². The Balaban J connectivity index is 1.91. The summed E-state index contributed by atoms with van der Waals surface area (Å²) in [5.74, 6) is -0.842. The van der Waals surface area contributed by atoms with Gasteiger partial charge in [0.1, 0.15) is 0 Å². The summed E-state index contributed by atoms with van der Waals surface area (Å²) in [7, 11) is 0. The zero-order valence-electron chi connectivity index (χ0n) is 15.7. The van der Waals surface area contributed by atoms with Crippen molar-refractivity contribution in [3.63, 3.8) is 0 Å². The van der Waals surface area contributed by atoms with Gasteiger partial charge in [-0.2, -0.15) is 0 Å². The fourth-order valence-corrected chi connectivity index (χ4v) is 3.62.